The number of hydrogen-bond donors (Lipinski definition) is 0. The molecule has 2 aliphatic rings. The maximum Gasteiger partial charge on any atom is 0.126 e. The van der Waals surface area contributed by atoms with Crippen LogP contribution in [0.15, 0.2) is 18.2 Å². The normalized spacial score (nSPS) is 29.7. The van der Waals surface area contributed by atoms with Crippen molar-refractivity contribution in [2.45, 2.75) is 76.2 Å². The average Bonchev–Trinajstić information content (AvgIpc) is 2.69. The number of thioether (sulfide) groups is 2. The van der Waals surface area contributed by atoms with Crippen molar-refractivity contribution in [1.29, 1.82) is 0 Å². The van der Waals surface area contributed by atoms with Crippen LogP contribution in [0, 0.1) is 23.6 Å². The Morgan fingerprint density at radius 1 is 0.962 bits per heavy atom. The van der Waals surface area contributed by atoms with Gasteiger partial charge in [-0.15, -0.1) is 23.5 Å². The Hall–Kier alpha value is -0.150. The van der Waals surface area contributed by atoms with Gasteiger partial charge in [-0.2, -0.15) is 0 Å². The van der Waals surface area contributed by atoms with Gasteiger partial charge in [-0.3, -0.25) is 0 Å². The fourth-order valence-electron chi connectivity index (χ4n) is 4.61. The fraction of sp³-hybridized carbons (Fsp3) is 0.739. The van der Waals surface area contributed by atoms with Crippen molar-refractivity contribution >= 4 is 23.5 Å². The van der Waals surface area contributed by atoms with Gasteiger partial charge in [0.2, 0.25) is 0 Å². The summed E-state index contributed by atoms with van der Waals surface area (Å²) >= 11 is 4.11. The highest BCUT2D eigenvalue weighted by Crippen LogP contribution is 2.49. The summed E-state index contributed by atoms with van der Waals surface area (Å²) in [5, 5.41) is 0. The molecule has 3 rings (SSSR count). The van der Waals surface area contributed by atoms with E-state index in [1.54, 1.807) is 6.07 Å². The molecule has 3 heteroatoms. The molecule has 146 valence electrons. The lowest BCUT2D eigenvalue weighted by Crippen LogP contribution is -2.27. The smallest absolute Gasteiger partial charge is 0.126 e. The molecule has 0 unspecified atom stereocenters. The second kappa shape index (κ2) is 10.4. The van der Waals surface area contributed by atoms with Crippen LogP contribution in [0.2, 0.25) is 0 Å². The molecule has 0 spiro atoms. The molecule has 1 heterocycles. The van der Waals surface area contributed by atoms with Gasteiger partial charge in [-0.1, -0.05) is 64.5 Å². The second-order valence-electron chi connectivity index (χ2n) is 8.24. The summed E-state index contributed by atoms with van der Waals surface area (Å²) in [6.07, 6.45) is 12.3. The summed E-state index contributed by atoms with van der Waals surface area (Å²) in [5.74, 6) is 5.33. The summed E-state index contributed by atoms with van der Waals surface area (Å²) in [4.78, 5) is 0. The van der Waals surface area contributed by atoms with E-state index in [0.29, 0.717) is 4.58 Å². The lowest BCUT2D eigenvalue weighted by atomic mass is 9.75. The third-order valence-corrected chi connectivity index (χ3v) is 9.64. The summed E-state index contributed by atoms with van der Waals surface area (Å²) in [6.45, 7) is 4.32. The molecule has 0 nitrogen and oxygen atoms in total. The monoisotopic (exact) mass is 394 g/mol. The molecule has 2 fully saturated rings. The van der Waals surface area contributed by atoms with E-state index in [0.717, 1.165) is 29.7 Å². The van der Waals surface area contributed by atoms with Crippen LogP contribution in [-0.4, -0.2) is 11.5 Å². The summed E-state index contributed by atoms with van der Waals surface area (Å²) in [5.41, 5.74) is 2.01. The minimum Gasteiger partial charge on any atom is -0.207 e. The molecule has 1 aliphatic heterocycles. The largest absolute Gasteiger partial charge is 0.207 e. The molecule has 1 aromatic carbocycles. The van der Waals surface area contributed by atoms with Gasteiger partial charge < -0.3 is 0 Å². The molecule has 0 radical (unpaired) electrons. The highest BCUT2D eigenvalue weighted by Gasteiger charge is 2.32. The Morgan fingerprint density at radius 3 is 2.31 bits per heavy atom. The van der Waals surface area contributed by atoms with Crippen LogP contribution in [0.25, 0.3) is 0 Å². The van der Waals surface area contributed by atoms with Gasteiger partial charge in [0.25, 0.3) is 0 Å². The Kier molecular flexibility index (Phi) is 8.24. The van der Waals surface area contributed by atoms with Gasteiger partial charge in [0.1, 0.15) is 5.82 Å². The first kappa shape index (κ1) is 20.6. The molecule has 0 bridgehead atoms. The maximum atomic E-state index is 14.1. The third kappa shape index (κ3) is 5.44. The lowest BCUT2D eigenvalue weighted by molar-refractivity contribution is 0.218. The van der Waals surface area contributed by atoms with E-state index in [1.807, 2.05) is 13.0 Å². The van der Waals surface area contributed by atoms with Gasteiger partial charge in [0.05, 0.1) is 4.58 Å². The summed E-state index contributed by atoms with van der Waals surface area (Å²) < 4.78 is 14.5. The highest BCUT2D eigenvalue weighted by atomic mass is 32.2. The quantitative estimate of drug-likeness (QED) is 0.431. The molecule has 26 heavy (non-hydrogen) atoms. The van der Waals surface area contributed by atoms with Gasteiger partial charge in [-0.25, -0.2) is 4.39 Å². The number of aryl methyl sites for hydroxylation is 1. The number of rotatable bonds is 7. The van der Waals surface area contributed by atoms with Crippen molar-refractivity contribution in [3.05, 3.63) is 35.1 Å². The first-order valence-electron chi connectivity index (χ1n) is 10.7. The number of unbranched alkanes of at least 4 members (excludes halogenated alkanes) is 2. The first-order valence-corrected chi connectivity index (χ1v) is 12.8. The van der Waals surface area contributed by atoms with Crippen molar-refractivity contribution in [3.8, 4) is 0 Å². The van der Waals surface area contributed by atoms with E-state index in [2.05, 4.69) is 36.5 Å². The van der Waals surface area contributed by atoms with Crippen LogP contribution < -0.4 is 0 Å². The predicted octanol–water partition coefficient (Wildman–Crippen LogP) is 7.87. The Balaban J connectivity index is 1.43. The number of hydrogen-bond acceptors (Lipinski definition) is 2. The highest BCUT2D eigenvalue weighted by molar-refractivity contribution is 8.16. The summed E-state index contributed by atoms with van der Waals surface area (Å²) in [7, 11) is 0. The fourth-order valence-corrected chi connectivity index (χ4v) is 7.92. The molecule has 1 saturated carbocycles. The Bertz CT molecular complexity index is 543. The van der Waals surface area contributed by atoms with E-state index in [-0.39, 0.29) is 5.82 Å². The van der Waals surface area contributed by atoms with Gasteiger partial charge in [-0.05, 0) is 65.7 Å². The summed E-state index contributed by atoms with van der Waals surface area (Å²) in [6, 6.07) is 5.91. The Labute approximate surface area is 168 Å². The van der Waals surface area contributed by atoms with Crippen LogP contribution in [0.5, 0.6) is 0 Å². The molecule has 1 aliphatic carbocycles. The maximum absolute atomic E-state index is 14.1. The van der Waals surface area contributed by atoms with E-state index in [9.17, 15) is 4.39 Å². The Morgan fingerprint density at radius 2 is 1.69 bits per heavy atom. The molecule has 1 saturated heterocycles. The van der Waals surface area contributed by atoms with Crippen molar-refractivity contribution in [3.63, 3.8) is 0 Å². The van der Waals surface area contributed by atoms with E-state index >= 15 is 0 Å². The molecular weight excluding hydrogens is 359 g/mol. The van der Waals surface area contributed by atoms with Crippen molar-refractivity contribution in [2.75, 3.05) is 11.5 Å². The second-order valence-corrected chi connectivity index (χ2v) is 10.8. The van der Waals surface area contributed by atoms with E-state index in [1.165, 1.54) is 68.4 Å². The molecule has 0 atom stereocenters. The molecular formula is C23H35FS2. The molecule has 0 N–H and O–H groups in total. The zero-order valence-electron chi connectivity index (χ0n) is 16.5. The molecule has 1 aromatic rings. The van der Waals surface area contributed by atoms with Gasteiger partial charge in [0, 0.05) is 0 Å². The van der Waals surface area contributed by atoms with Crippen LogP contribution in [0.4, 0.5) is 4.39 Å². The van der Waals surface area contributed by atoms with E-state index in [4.69, 9.17) is 0 Å². The molecule has 0 amide bonds. The van der Waals surface area contributed by atoms with Crippen LogP contribution in [0.3, 0.4) is 0 Å². The number of benzene rings is 1. The third-order valence-electron chi connectivity index (χ3n) is 6.43. The SMILES string of the molecule is CCCCCC1CCC(C2CSC(c3ccc(CC)c(F)c3)SC2)CC1. The first-order chi connectivity index (χ1) is 12.7. The van der Waals surface area contributed by atoms with Crippen molar-refractivity contribution in [2.24, 2.45) is 17.8 Å². The van der Waals surface area contributed by atoms with Gasteiger partial charge >= 0.3 is 0 Å². The minimum absolute atomic E-state index is 0.0188. The number of halogens is 1. The minimum atomic E-state index is -0.0188. The molecule has 0 aromatic heterocycles. The van der Waals surface area contributed by atoms with Gasteiger partial charge in [0.15, 0.2) is 0 Å². The zero-order valence-corrected chi connectivity index (χ0v) is 18.1. The van der Waals surface area contributed by atoms with Crippen LogP contribution >= 0.6 is 23.5 Å². The van der Waals surface area contributed by atoms with Crippen LogP contribution in [-0.2, 0) is 6.42 Å². The average molecular weight is 395 g/mol. The predicted molar refractivity (Wildman–Crippen MR) is 117 cm³/mol. The topological polar surface area (TPSA) is 0 Å². The van der Waals surface area contributed by atoms with Crippen molar-refractivity contribution in [1.82, 2.24) is 0 Å². The standard InChI is InChI=1S/C23H35FS2/c1-3-5-6-7-17-8-10-19(11-9-17)21-15-25-23(26-16-21)20-13-12-18(4-2)22(24)14-20/h12-14,17,19,21,23H,3-11,15-16H2,1-2H3. The van der Waals surface area contributed by atoms with Crippen molar-refractivity contribution < 1.29 is 4.39 Å². The van der Waals surface area contributed by atoms with Crippen LogP contribution in [0.1, 0.15) is 80.9 Å². The lowest BCUT2D eigenvalue weighted by Gasteiger charge is -2.37. The van der Waals surface area contributed by atoms with E-state index < -0.39 is 0 Å². The zero-order chi connectivity index (χ0) is 18.4.